The second kappa shape index (κ2) is 5.32. The van der Waals surface area contributed by atoms with Gasteiger partial charge in [-0.1, -0.05) is 41.0 Å². The van der Waals surface area contributed by atoms with Gasteiger partial charge in [-0.2, -0.15) is 4.98 Å². The summed E-state index contributed by atoms with van der Waals surface area (Å²) < 4.78 is 1.22. The maximum Gasteiger partial charge on any atom is 0.270 e. The van der Waals surface area contributed by atoms with Crippen molar-refractivity contribution < 1.29 is 0 Å². The van der Waals surface area contributed by atoms with Crippen molar-refractivity contribution in [2.24, 2.45) is 7.05 Å². The molecule has 1 heterocycles. The highest BCUT2D eigenvalue weighted by molar-refractivity contribution is 7.99. The van der Waals surface area contributed by atoms with E-state index in [9.17, 15) is 4.79 Å². The van der Waals surface area contributed by atoms with Crippen molar-refractivity contribution >= 4 is 46.7 Å². The van der Waals surface area contributed by atoms with Crippen molar-refractivity contribution in [2.45, 2.75) is 9.79 Å². The van der Waals surface area contributed by atoms with Gasteiger partial charge in [0.2, 0.25) is 5.95 Å². The average molecular weight is 317 g/mol. The van der Waals surface area contributed by atoms with E-state index in [-0.39, 0.29) is 22.2 Å². The van der Waals surface area contributed by atoms with Crippen LogP contribution >= 0.6 is 35.0 Å². The number of anilines is 2. The Labute approximate surface area is 123 Å². The third-order valence-corrected chi connectivity index (χ3v) is 4.52. The van der Waals surface area contributed by atoms with Gasteiger partial charge in [-0.25, -0.2) is 0 Å². The largest absolute Gasteiger partial charge is 0.382 e. The number of nitrogens with zero attached hydrogens (tertiary/aromatic N) is 2. The Morgan fingerprint density at radius 2 is 2.00 bits per heavy atom. The number of halogens is 2. The first kappa shape index (κ1) is 14.0. The van der Waals surface area contributed by atoms with Gasteiger partial charge < -0.3 is 11.5 Å². The summed E-state index contributed by atoms with van der Waals surface area (Å²) in [6, 6.07) is 5.15. The molecule has 0 bridgehead atoms. The molecule has 8 heteroatoms. The van der Waals surface area contributed by atoms with Gasteiger partial charge in [-0.3, -0.25) is 9.36 Å². The van der Waals surface area contributed by atoms with Crippen LogP contribution in [0.25, 0.3) is 0 Å². The van der Waals surface area contributed by atoms with Crippen LogP contribution in [0, 0.1) is 0 Å². The minimum absolute atomic E-state index is 0.0593. The average Bonchev–Trinajstić information content (AvgIpc) is 2.37. The molecule has 0 amide bonds. The first-order chi connectivity index (χ1) is 8.91. The van der Waals surface area contributed by atoms with Crippen LogP contribution in [-0.4, -0.2) is 9.55 Å². The zero-order valence-corrected chi connectivity index (χ0v) is 12.2. The molecular weight excluding hydrogens is 307 g/mol. The van der Waals surface area contributed by atoms with Crippen LogP contribution in [0.3, 0.4) is 0 Å². The number of hydrogen-bond acceptors (Lipinski definition) is 5. The molecule has 0 atom stereocenters. The van der Waals surface area contributed by atoms with Gasteiger partial charge in [0, 0.05) is 11.9 Å². The summed E-state index contributed by atoms with van der Waals surface area (Å²) in [4.78, 5) is 16.9. The molecule has 1 aromatic heterocycles. The molecule has 5 nitrogen and oxygen atoms in total. The number of aromatic nitrogens is 2. The van der Waals surface area contributed by atoms with Crippen molar-refractivity contribution in [1.29, 1.82) is 0 Å². The van der Waals surface area contributed by atoms with E-state index in [0.717, 1.165) is 11.8 Å². The lowest BCUT2D eigenvalue weighted by Crippen LogP contribution is -2.24. The number of hydrogen-bond donors (Lipinski definition) is 2. The zero-order valence-electron chi connectivity index (χ0n) is 9.85. The molecule has 2 rings (SSSR count). The zero-order chi connectivity index (χ0) is 14.2. The lowest BCUT2D eigenvalue weighted by atomic mass is 10.4. The molecule has 2 aromatic rings. The fourth-order valence-corrected chi connectivity index (χ4v) is 2.80. The topological polar surface area (TPSA) is 86.9 Å². The smallest absolute Gasteiger partial charge is 0.270 e. The highest BCUT2D eigenvalue weighted by Crippen LogP contribution is 2.37. The van der Waals surface area contributed by atoms with Crippen LogP contribution in [0.5, 0.6) is 0 Å². The van der Waals surface area contributed by atoms with Gasteiger partial charge in [-0.05, 0) is 12.1 Å². The number of nitrogens with two attached hydrogens (primary N) is 2. The Hall–Kier alpha value is -1.37. The van der Waals surface area contributed by atoms with E-state index in [4.69, 9.17) is 34.7 Å². The summed E-state index contributed by atoms with van der Waals surface area (Å²) in [5, 5.41) is 0.776. The third-order valence-electron chi connectivity index (χ3n) is 2.44. The van der Waals surface area contributed by atoms with Crippen LogP contribution in [0.15, 0.2) is 32.8 Å². The van der Waals surface area contributed by atoms with E-state index in [2.05, 4.69) is 4.98 Å². The van der Waals surface area contributed by atoms with E-state index in [1.54, 1.807) is 18.2 Å². The molecule has 0 aliphatic heterocycles. The number of rotatable bonds is 2. The van der Waals surface area contributed by atoms with E-state index >= 15 is 0 Å². The van der Waals surface area contributed by atoms with Crippen LogP contribution in [-0.2, 0) is 7.05 Å². The first-order valence-electron chi connectivity index (χ1n) is 5.15. The molecule has 0 aliphatic rings. The Balaban J connectivity index is 2.53. The van der Waals surface area contributed by atoms with Gasteiger partial charge in [0.1, 0.15) is 10.7 Å². The third kappa shape index (κ3) is 2.65. The molecule has 0 saturated heterocycles. The van der Waals surface area contributed by atoms with Crippen LogP contribution in [0.1, 0.15) is 0 Å². The minimum atomic E-state index is -0.328. The molecular formula is C11H10Cl2N4OS. The normalized spacial score (nSPS) is 10.7. The van der Waals surface area contributed by atoms with E-state index in [1.165, 1.54) is 11.6 Å². The molecule has 0 unspecified atom stereocenters. The van der Waals surface area contributed by atoms with Crippen molar-refractivity contribution in [3.05, 3.63) is 38.6 Å². The predicted molar refractivity (Wildman–Crippen MR) is 78.9 cm³/mol. The van der Waals surface area contributed by atoms with Crippen LogP contribution in [0.2, 0.25) is 10.0 Å². The van der Waals surface area contributed by atoms with Gasteiger partial charge in [0.25, 0.3) is 5.56 Å². The molecule has 0 spiro atoms. The fourth-order valence-electron chi connectivity index (χ4n) is 1.38. The summed E-state index contributed by atoms with van der Waals surface area (Å²) in [5.41, 5.74) is 11.0. The summed E-state index contributed by atoms with van der Waals surface area (Å²) in [6.45, 7) is 0. The molecule has 0 radical (unpaired) electrons. The Bertz CT molecular complexity index is 702. The SMILES string of the molecule is Cn1c(N)nc(N)c(Sc2cccc(Cl)c2Cl)c1=O. The van der Waals surface area contributed by atoms with E-state index in [0.29, 0.717) is 14.9 Å². The second-order valence-electron chi connectivity index (χ2n) is 3.70. The Morgan fingerprint density at radius 3 is 2.68 bits per heavy atom. The van der Waals surface area contributed by atoms with Crippen LogP contribution in [0.4, 0.5) is 11.8 Å². The fraction of sp³-hybridized carbons (Fsp3) is 0.0909. The van der Waals surface area contributed by atoms with Gasteiger partial charge in [0.15, 0.2) is 0 Å². The molecule has 100 valence electrons. The quantitative estimate of drug-likeness (QED) is 0.888. The maximum atomic E-state index is 12.1. The molecule has 1 aromatic carbocycles. The molecule has 0 saturated carbocycles. The van der Waals surface area contributed by atoms with Crippen molar-refractivity contribution in [3.8, 4) is 0 Å². The summed E-state index contributed by atoms with van der Waals surface area (Å²) in [7, 11) is 1.52. The highest BCUT2D eigenvalue weighted by atomic mass is 35.5. The highest BCUT2D eigenvalue weighted by Gasteiger charge is 2.15. The van der Waals surface area contributed by atoms with E-state index in [1.807, 2.05) is 0 Å². The lowest BCUT2D eigenvalue weighted by molar-refractivity contribution is 0.816. The van der Waals surface area contributed by atoms with Crippen molar-refractivity contribution in [3.63, 3.8) is 0 Å². The lowest BCUT2D eigenvalue weighted by Gasteiger charge is -2.09. The molecule has 19 heavy (non-hydrogen) atoms. The van der Waals surface area contributed by atoms with Crippen molar-refractivity contribution in [2.75, 3.05) is 11.5 Å². The summed E-state index contributed by atoms with van der Waals surface area (Å²) in [5.74, 6) is 0.130. The standard InChI is InChI=1S/C11H10Cl2N4OS/c1-17-10(18)8(9(14)16-11(17)15)19-6-4-2-3-5(12)7(6)13/h2-4H,14H2,1H3,(H2,15,16). The number of benzene rings is 1. The van der Waals surface area contributed by atoms with Crippen molar-refractivity contribution in [1.82, 2.24) is 9.55 Å². The molecule has 0 fully saturated rings. The number of nitrogen functional groups attached to an aromatic ring is 2. The molecule has 4 N–H and O–H groups in total. The van der Waals surface area contributed by atoms with Gasteiger partial charge >= 0.3 is 0 Å². The predicted octanol–water partition coefficient (Wildman–Crippen LogP) is 2.40. The van der Waals surface area contributed by atoms with Gasteiger partial charge in [0.05, 0.1) is 10.0 Å². The monoisotopic (exact) mass is 316 g/mol. The Morgan fingerprint density at radius 1 is 1.32 bits per heavy atom. The van der Waals surface area contributed by atoms with Crippen LogP contribution < -0.4 is 17.0 Å². The second-order valence-corrected chi connectivity index (χ2v) is 5.54. The summed E-state index contributed by atoms with van der Waals surface area (Å²) in [6.07, 6.45) is 0. The maximum absolute atomic E-state index is 12.1. The minimum Gasteiger partial charge on any atom is -0.382 e. The first-order valence-corrected chi connectivity index (χ1v) is 6.73. The Kier molecular flexibility index (Phi) is 3.93. The molecule has 0 aliphatic carbocycles. The van der Waals surface area contributed by atoms with Gasteiger partial charge in [-0.15, -0.1) is 0 Å². The summed E-state index contributed by atoms with van der Waals surface area (Å²) >= 11 is 13.1. The van der Waals surface area contributed by atoms with E-state index < -0.39 is 0 Å².